The van der Waals surface area contributed by atoms with Crippen LogP contribution in [0.3, 0.4) is 0 Å². The van der Waals surface area contributed by atoms with Gasteiger partial charge in [0.2, 0.25) is 0 Å². The predicted octanol–water partition coefficient (Wildman–Crippen LogP) is 4.97. The van der Waals surface area contributed by atoms with Crippen LogP contribution in [0.2, 0.25) is 0 Å². The second kappa shape index (κ2) is 8.22. The maximum atomic E-state index is 12.6. The molecule has 0 unspecified atom stereocenters. The van der Waals surface area contributed by atoms with E-state index in [0.717, 1.165) is 0 Å². The molecular weight excluding hydrogens is 364 g/mol. The zero-order chi connectivity index (χ0) is 21.0. The van der Waals surface area contributed by atoms with Gasteiger partial charge in [0.25, 0.3) is 5.91 Å². The Morgan fingerprint density at radius 2 is 1.62 bits per heavy atom. The second-order valence-corrected chi connectivity index (χ2v) is 7.83. The normalized spacial score (nSPS) is 11.0. The van der Waals surface area contributed by atoms with E-state index in [9.17, 15) is 9.59 Å². The lowest BCUT2D eigenvalue weighted by Gasteiger charge is -2.19. The van der Waals surface area contributed by atoms with Gasteiger partial charge in [0.1, 0.15) is 17.8 Å². The molecule has 2 aromatic carbocycles. The highest BCUT2D eigenvalue weighted by atomic mass is 16.2. The van der Waals surface area contributed by atoms with Crippen molar-refractivity contribution >= 4 is 28.9 Å². The van der Waals surface area contributed by atoms with Crippen LogP contribution >= 0.6 is 0 Å². The molecule has 29 heavy (non-hydrogen) atoms. The number of nitrogens with zero attached hydrogens (tertiary/aromatic N) is 2. The fourth-order valence-corrected chi connectivity index (χ4v) is 2.76. The number of hydrogen-bond acceptors (Lipinski definition) is 5. The number of carbonyl (C=O) groups excluding carboxylic acids is 2. The molecule has 6 heteroatoms. The summed E-state index contributed by atoms with van der Waals surface area (Å²) >= 11 is 0. The first-order valence-corrected chi connectivity index (χ1v) is 9.34. The fraction of sp³-hybridized carbons (Fsp3) is 0.217. The molecule has 0 aliphatic rings. The first kappa shape index (κ1) is 20.2. The van der Waals surface area contributed by atoms with Crippen molar-refractivity contribution in [1.29, 1.82) is 0 Å². The number of benzene rings is 2. The van der Waals surface area contributed by atoms with Gasteiger partial charge in [0, 0.05) is 23.0 Å². The van der Waals surface area contributed by atoms with Gasteiger partial charge in [-0.15, -0.1) is 0 Å². The van der Waals surface area contributed by atoms with Crippen molar-refractivity contribution in [2.75, 3.05) is 10.6 Å². The van der Waals surface area contributed by atoms with Crippen molar-refractivity contribution in [2.45, 2.75) is 33.1 Å². The molecule has 0 atom stereocenters. The molecule has 1 heterocycles. The monoisotopic (exact) mass is 388 g/mol. The van der Waals surface area contributed by atoms with E-state index in [1.807, 2.05) is 30.3 Å². The van der Waals surface area contributed by atoms with E-state index < -0.39 is 0 Å². The van der Waals surface area contributed by atoms with Gasteiger partial charge in [-0.05, 0) is 42.2 Å². The van der Waals surface area contributed by atoms with E-state index in [2.05, 4.69) is 41.4 Å². The van der Waals surface area contributed by atoms with Crippen LogP contribution in [-0.2, 0) is 5.41 Å². The van der Waals surface area contributed by atoms with Gasteiger partial charge in [-0.3, -0.25) is 9.59 Å². The third-order valence-electron chi connectivity index (χ3n) is 4.45. The molecule has 6 nitrogen and oxygen atoms in total. The third kappa shape index (κ3) is 5.25. The Kier molecular flexibility index (Phi) is 5.73. The Labute approximate surface area is 170 Å². The van der Waals surface area contributed by atoms with Crippen molar-refractivity contribution < 1.29 is 9.59 Å². The van der Waals surface area contributed by atoms with E-state index in [4.69, 9.17) is 0 Å². The summed E-state index contributed by atoms with van der Waals surface area (Å²) < 4.78 is 0. The van der Waals surface area contributed by atoms with Gasteiger partial charge in [-0.25, -0.2) is 9.97 Å². The molecule has 1 aromatic heterocycles. The minimum Gasteiger partial charge on any atom is -0.340 e. The van der Waals surface area contributed by atoms with E-state index in [-0.39, 0.29) is 22.8 Å². The average molecular weight is 388 g/mol. The van der Waals surface area contributed by atoms with Crippen molar-refractivity contribution in [3.63, 3.8) is 0 Å². The summed E-state index contributed by atoms with van der Waals surface area (Å²) in [6, 6.07) is 16.4. The maximum Gasteiger partial charge on any atom is 0.274 e. The molecule has 2 N–H and O–H groups in total. The first-order valence-electron chi connectivity index (χ1n) is 9.34. The van der Waals surface area contributed by atoms with Crippen molar-refractivity contribution in [2.24, 2.45) is 0 Å². The van der Waals surface area contributed by atoms with Gasteiger partial charge < -0.3 is 10.6 Å². The standard InChI is InChI=1S/C23H24N4O2/c1-15(28)16-6-5-7-19(12-16)26-21-13-20(24-14-25-21)22(29)27-18-10-8-17(9-11-18)23(2,3)4/h5-14H,1-4H3,(H,27,29)(H,24,25,26). The number of anilines is 3. The molecule has 3 rings (SSSR count). The molecule has 148 valence electrons. The lowest BCUT2D eigenvalue weighted by Crippen LogP contribution is -2.15. The quantitative estimate of drug-likeness (QED) is 0.603. The van der Waals surface area contributed by atoms with E-state index in [1.54, 1.807) is 24.3 Å². The predicted molar refractivity (Wildman–Crippen MR) is 115 cm³/mol. The molecular formula is C23H24N4O2. The van der Waals surface area contributed by atoms with Crippen LogP contribution < -0.4 is 10.6 Å². The largest absolute Gasteiger partial charge is 0.340 e. The maximum absolute atomic E-state index is 12.6. The number of Topliss-reactive ketones (excluding diaryl/α,β-unsaturated/α-hetero) is 1. The summed E-state index contributed by atoms with van der Waals surface area (Å²) in [6.07, 6.45) is 1.33. The summed E-state index contributed by atoms with van der Waals surface area (Å²) in [7, 11) is 0. The van der Waals surface area contributed by atoms with Crippen LogP contribution in [-0.4, -0.2) is 21.7 Å². The lowest BCUT2D eigenvalue weighted by atomic mass is 9.87. The molecule has 0 fully saturated rings. The summed E-state index contributed by atoms with van der Waals surface area (Å²) in [5, 5.41) is 5.95. The Hall–Kier alpha value is -3.54. The number of carbonyl (C=O) groups is 2. The molecule has 0 spiro atoms. The van der Waals surface area contributed by atoms with E-state index >= 15 is 0 Å². The molecule has 0 saturated heterocycles. The Bertz CT molecular complexity index is 1040. The summed E-state index contributed by atoms with van der Waals surface area (Å²) in [4.78, 5) is 32.3. The highest BCUT2D eigenvalue weighted by molar-refractivity contribution is 6.03. The van der Waals surface area contributed by atoms with Crippen LogP contribution in [0, 0.1) is 0 Å². The lowest BCUT2D eigenvalue weighted by molar-refractivity contribution is 0.101. The number of aromatic nitrogens is 2. The number of hydrogen-bond donors (Lipinski definition) is 2. The van der Waals surface area contributed by atoms with Crippen LogP contribution in [0.1, 0.15) is 54.1 Å². The summed E-state index contributed by atoms with van der Waals surface area (Å²) in [6.45, 7) is 7.94. The zero-order valence-electron chi connectivity index (χ0n) is 17.0. The van der Waals surface area contributed by atoms with Gasteiger partial charge >= 0.3 is 0 Å². The Balaban J connectivity index is 1.72. The van der Waals surface area contributed by atoms with Crippen molar-refractivity contribution in [3.05, 3.63) is 77.7 Å². The van der Waals surface area contributed by atoms with Gasteiger partial charge in [-0.1, -0.05) is 45.0 Å². The SMILES string of the molecule is CC(=O)c1cccc(Nc2cc(C(=O)Nc3ccc(C(C)(C)C)cc3)ncn2)c1. The first-order chi connectivity index (χ1) is 13.7. The summed E-state index contributed by atoms with van der Waals surface area (Å²) in [5.74, 6) is 0.124. The highest BCUT2D eigenvalue weighted by Crippen LogP contribution is 2.24. The minimum absolute atomic E-state index is 0.0196. The van der Waals surface area contributed by atoms with Crippen molar-refractivity contribution in [1.82, 2.24) is 9.97 Å². The summed E-state index contributed by atoms with van der Waals surface area (Å²) in [5.41, 5.74) is 3.49. The van der Waals surface area contributed by atoms with Crippen LogP contribution in [0.15, 0.2) is 60.9 Å². The third-order valence-corrected chi connectivity index (χ3v) is 4.45. The number of ketones is 1. The molecule has 0 aliphatic heterocycles. The zero-order valence-corrected chi connectivity index (χ0v) is 17.0. The van der Waals surface area contributed by atoms with Crippen LogP contribution in [0.5, 0.6) is 0 Å². The molecule has 0 saturated carbocycles. The molecule has 0 radical (unpaired) electrons. The van der Waals surface area contributed by atoms with Crippen LogP contribution in [0.25, 0.3) is 0 Å². The Morgan fingerprint density at radius 3 is 2.28 bits per heavy atom. The number of nitrogens with one attached hydrogen (secondary N) is 2. The minimum atomic E-state index is -0.323. The van der Waals surface area contributed by atoms with Gasteiger partial charge in [-0.2, -0.15) is 0 Å². The number of rotatable bonds is 5. The topological polar surface area (TPSA) is 84.0 Å². The van der Waals surface area contributed by atoms with E-state index in [0.29, 0.717) is 22.8 Å². The molecule has 0 aliphatic carbocycles. The second-order valence-electron chi connectivity index (χ2n) is 7.83. The van der Waals surface area contributed by atoms with Crippen molar-refractivity contribution in [3.8, 4) is 0 Å². The van der Waals surface area contributed by atoms with Gasteiger partial charge in [0.15, 0.2) is 5.78 Å². The fourth-order valence-electron chi connectivity index (χ4n) is 2.76. The smallest absolute Gasteiger partial charge is 0.274 e. The number of amides is 1. The van der Waals surface area contributed by atoms with E-state index in [1.165, 1.54) is 18.8 Å². The molecule has 0 bridgehead atoms. The van der Waals surface area contributed by atoms with Gasteiger partial charge in [0.05, 0.1) is 0 Å². The highest BCUT2D eigenvalue weighted by Gasteiger charge is 2.14. The average Bonchev–Trinajstić information content (AvgIpc) is 2.68. The van der Waals surface area contributed by atoms with Crippen LogP contribution in [0.4, 0.5) is 17.2 Å². The Morgan fingerprint density at radius 1 is 0.897 bits per heavy atom. The molecule has 3 aromatic rings. The molecule has 1 amide bonds.